The standard InChI is InChI=1S/C22H26N2O8S/c1-29-17-8-7-14(11-20(17)33(27,28)24-9-5-6-10-24)21(25)23-16-13-19(31-3)18(30-2)12-15(16)22(26)32-4/h7-8,11-13H,5-6,9-10H2,1-4H3,(H,23,25). The maximum Gasteiger partial charge on any atom is 0.340 e. The monoisotopic (exact) mass is 478 g/mol. The molecule has 0 aliphatic carbocycles. The summed E-state index contributed by atoms with van der Waals surface area (Å²) in [7, 11) is 1.57. The fourth-order valence-electron chi connectivity index (χ4n) is 3.54. The lowest BCUT2D eigenvalue weighted by molar-refractivity contribution is 0.0601. The van der Waals surface area contributed by atoms with Crippen LogP contribution in [-0.2, 0) is 14.8 Å². The second-order valence-corrected chi connectivity index (χ2v) is 9.08. The maximum atomic E-state index is 13.1. The molecule has 0 radical (unpaired) electrons. The second kappa shape index (κ2) is 10.1. The minimum atomic E-state index is -3.84. The summed E-state index contributed by atoms with van der Waals surface area (Å²) in [6.45, 7) is 0.825. The van der Waals surface area contributed by atoms with Gasteiger partial charge in [0.25, 0.3) is 5.91 Å². The van der Waals surface area contributed by atoms with Gasteiger partial charge >= 0.3 is 5.97 Å². The van der Waals surface area contributed by atoms with Crippen LogP contribution in [0.15, 0.2) is 35.2 Å². The van der Waals surface area contributed by atoms with Gasteiger partial charge in [0.05, 0.1) is 39.7 Å². The van der Waals surface area contributed by atoms with Crippen molar-refractivity contribution in [3.8, 4) is 17.2 Å². The lowest BCUT2D eigenvalue weighted by Gasteiger charge is -2.18. The summed E-state index contributed by atoms with van der Waals surface area (Å²) < 4.78 is 48.1. The number of esters is 1. The molecule has 1 amide bonds. The van der Waals surface area contributed by atoms with Gasteiger partial charge in [-0.05, 0) is 31.0 Å². The number of anilines is 1. The number of rotatable bonds is 8. The molecule has 178 valence electrons. The van der Waals surface area contributed by atoms with Crippen LogP contribution in [0.25, 0.3) is 0 Å². The molecule has 1 aliphatic heterocycles. The largest absolute Gasteiger partial charge is 0.495 e. The van der Waals surface area contributed by atoms with E-state index in [4.69, 9.17) is 18.9 Å². The van der Waals surface area contributed by atoms with E-state index >= 15 is 0 Å². The number of nitrogens with zero attached hydrogens (tertiary/aromatic N) is 1. The molecule has 0 unspecified atom stereocenters. The first-order valence-corrected chi connectivity index (χ1v) is 11.5. The van der Waals surface area contributed by atoms with E-state index in [-0.39, 0.29) is 39.0 Å². The number of sulfonamides is 1. The molecule has 0 bridgehead atoms. The highest BCUT2D eigenvalue weighted by atomic mass is 32.2. The molecule has 0 aromatic heterocycles. The van der Waals surface area contributed by atoms with Gasteiger partial charge in [0.2, 0.25) is 10.0 Å². The average molecular weight is 479 g/mol. The first-order valence-electron chi connectivity index (χ1n) is 10.1. The molecule has 33 heavy (non-hydrogen) atoms. The maximum absolute atomic E-state index is 13.1. The molecule has 0 atom stereocenters. The van der Waals surface area contributed by atoms with Crippen molar-refractivity contribution in [2.45, 2.75) is 17.7 Å². The van der Waals surface area contributed by atoms with Crippen LogP contribution in [-0.4, -0.2) is 66.1 Å². The SMILES string of the molecule is COC(=O)c1cc(OC)c(OC)cc1NC(=O)c1ccc(OC)c(S(=O)(=O)N2CCCC2)c1. The zero-order valence-corrected chi connectivity index (χ0v) is 19.7. The van der Waals surface area contributed by atoms with E-state index in [2.05, 4.69) is 5.32 Å². The van der Waals surface area contributed by atoms with Gasteiger partial charge in [0.15, 0.2) is 11.5 Å². The quantitative estimate of drug-likeness (QED) is 0.575. The molecule has 1 aliphatic rings. The molecule has 3 rings (SSSR count). The third-order valence-electron chi connectivity index (χ3n) is 5.29. The fourth-order valence-corrected chi connectivity index (χ4v) is 5.24. The van der Waals surface area contributed by atoms with Crippen LogP contribution in [0.2, 0.25) is 0 Å². The van der Waals surface area contributed by atoms with E-state index in [1.807, 2.05) is 0 Å². The lowest BCUT2D eigenvalue weighted by atomic mass is 10.1. The molecule has 1 saturated heterocycles. The minimum absolute atomic E-state index is 0.0434. The third-order valence-corrected chi connectivity index (χ3v) is 7.21. The van der Waals surface area contributed by atoms with Crippen LogP contribution in [0.1, 0.15) is 33.6 Å². The smallest absolute Gasteiger partial charge is 0.340 e. The number of amides is 1. The lowest BCUT2D eigenvalue weighted by Crippen LogP contribution is -2.28. The number of nitrogens with one attached hydrogen (secondary N) is 1. The first kappa shape index (κ1) is 24.3. The molecule has 10 nitrogen and oxygen atoms in total. The summed E-state index contributed by atoms with van der Waals surface area (Å²) >= 11 is 0. The van der Waals surface area contributed by atoms with Crippen molar-refractivity contribution in [1.29, 1.82) is 0 Å². The zero-order chi connectivity index (χ0) is 24.2. The van der Waals surface area contributed by atoms with E-state index in [1.54, 1.807) is 0 Å². The second-order valence-electron chi connectivity index (χ2n) is 7.18. The molecule has 2 aromatic carbocycles. The van der Waals surface area contributed by atoms with Gasteiger partial charge in [-0.3, -0.25) is 4.79 Å². The predicted octanol–water partition coefficient (Wildman–Crippen LogP) is 2.54. The number of carbonyl (C=O) groups is 2. The predicted molar refractivity (Wildman–Crippen MR) is 120 cm³/mol. The van der Waals surface area contributed by atoms with Crippen LogP contribution in [0.4, 0.5) is 5.69 Å². The van der Waals surface area contributed by atoms with Gasteiger partial charge in [-0.25, -0.2) is 13.2 Å². The van der Waals surface area contributed by atoms with E-state index < -0.39 is 21.9 Å². The molecular weight excluding hydrogens is 452 g/mol. The van der Waals surface area contributed by atoms with Gasteiger partial charge in [0, 0.05) is 30.8 Å². The fraction of sp³-hybridized carbons (Fsp3) is 0.364. The van der Waals surface area contributed by atoms with E-state index in [1.165, 1.54) is 63.1 Å². The van der Waals surface area contributed by atoms with Crippen molar-refractivity contribution in [3.63, 3.8) is 0 Å². The Hall–Kier alpha value is -3.31. The Morgan fingerprint density at radius 1 is 0.879 bits per heavy atom. The van der Waals surface area contributed by atoms with Gasteiger partial charge in [-0.2, -0.15) is 4.31 Å². The topological polar surface area (TPSA) is 120 Å². The van der Waals surface area contributed by atoms with E-state index in [0.717, 1.165) is 12.8 Å². The molecule has 11 heteroatoms. The Morgan fingerprint density at radius 2 is 1.48 bits per heavy atom. The minimum Gasteiger partial charge on any atom is -0.495 e. The molecular formula is C22H26N2O8S. The van der Waals surface area contributed by atoms with E-state index in [9.17, 15) is 18.0 Å². The van der Waals surface area contributed by atoms with Gasteiger partial charge in [-0.1, -0.05) is 0 Å². The molecule has 1 fully saturated rings. The molecule has 1 N–H and O–H groups in total. The molecule has 0 saturated carbocycles. The van der Waals surface area contributed by atoms with Crippen LogP contribution in [0.3, 0.4) is 0 Å². The van der Waals surface area contributed by atoms with Crippen molar-refractivity contribution >= 4 is 27.6 Å². The van der Waals surface area contributed by atoms with Crippen molar-refractivity contribution in [2.75, 3.05) is 46.8 Å². The van der Waals surface area contributed by atoms with Crippen LogP contribution in [0.5, 0.6) is 17.2 Å². The van der Waals surface area contributed by atoms with Gasteiger partial charge < -0.3 is 24.3 Å². The van der Waals surface area contributed by atoms with Crippen LogP contribution >= 0.6 is 0 Å². The Balaban J connectivity index is 2.01. The molecule has 2 aromatic rings. The number of carbonyl (C=O) groups excluding carboxylic acids is 2. The number of methoxy groups -OCH3 is 4. The summed E-state index contributed by atoms with van der Waals surface area (Å²) in [5.41, 5.74) is 0.227. The van der Waals surface area contributed by atoms with Crippen molar-refractivity contribution in [1.82, 2.24) is 4.31 Å². The summed E-state index contributed by atoms with van der Waals surface area (Å²) in [5.74, 6) is -0.627. The third kappa shape index (κ3) is 4.88. The highest BCUT2D eigenvalue weighted by Gasteiger charge is 2.31. The Morgan fingerprint density at radius 3 is 2.06 bits per heavy atom. The molecule has 0 spiro atoms. The number of hydrogen-bond donors (Lipinski definition) is 1. The highest BCUT2D eigenvalue weighted by Crippen LogP contribution is 2.35. The van der Waals surface area contributed by atoms with Crippen LogP contribution < -0.4 is 19.5 Å². The van der Waals surface area contributed by atoms with Gasteiger partial charge in [-0.15, -0.1) is 0 Å². The zero-order valence-electron chi connectivity index (χ0n) is 18.8. The number of hydrogen-bond acceptors (Lipinski definition) is 8. The summed E-state index contributed by atoms with van der Waals surface area (Å²) in [5, 5.41) is 2.63. The highest BCUT2D eigenvalue weighted by molar-refractivity contribution is 7.89. The Bertz CT molecular complexity index is 1160. The number of benzene rings is 2. The summed E-state index contributed by atoms with van der Waals surface area (Å²) in [6.07, 6.45) is 1.55. The van der Waals surface area contributed by atoms with Crippen molar-refractivity contribution in [3.05, 3.63) is 41.5 Å². The summed E-state index contributed by atoms with van der Waals surface area (Å²) in [4.78, 5) is 25.2. The molecule has 1 heterocycles. The van der Waals surface area contributed by atoms with E-state index in [0.29, 0.717) is 13.1 Å². The Kier molecular flexibility index (Phi) is 7.44. The van der Waals surface area contributed by atoms with Crippen LogP contribution in [0, 0.1) is 0 Å². The van der Waals surface area contributed by atoms with Crippen molar-refractivity contribution < 1.29 is 37.0 Å². The normalized spacial score (nSPS) is 13.9. The number of ether oxygens (including phenoxy) is 4. The Labute approximate surface area is 192 Å². The first-order chi connectivity index (χ1) is 15.8. The average Bonchev–Trinajstić information content (AvgIpc) is 3.38. The van der Waals surface area contributed by atoms with Gasteiger partial charge in [0.1, 0.15) is 10.6 Å². The summed E-state index contributed by atoms with van der Waals surface area (Å²) in [6, 6.07) is 6.94. The van der Waals surface area contributed by atoms with Crippen molar-refractivity contribution in [2.24, 2.45) is 0 Å².